The van der Waals surface area contributed by atoms with E-state index < -0.39 is 46.2 Å². The van der Waals surface area contributed by atoms with Crippen molar-refractivity contribution in [2.75, 3.05) is 19.6 Å². The number of rotatable bonds is 7. The Morgan fingerprint density at radius 1 is 1.28 bits per heavy atom. The van der Waals surface area contributed by atoms with Crippen LogP contribution in [0.4, 0.5) is 0 Å². The average molecular weight is 467 g/mol. The molecule has 1 saturated heterocycles. The molecule has 3 unspecified atom stereocenters. The highest BCUT2D eigenvalue weighted by Gasteiger charge is 2.35. The largest absolute Gasteiger partial charge is 0.434 e. The third-order valence-corrected chi connectivity index (χ3v) is 6.58. The Morgan fingerprint density at radius 2 is 1.97 bits per heavy atom. The predicted octanol–water partition coefficient (Wildman–Crippen LogP) is -1.49. The second-order valence-corrected chi connectivity index (χ2v) is 9.56. The summed E-state index contributed by atoms with van der Waals surface area (Å²) >= 11 is 0. The first-order valence-corrected chi connectivity index (χ1v) is 11.5. The van der Waals surface area contributed by atoms with Gasteiger partial charge in [-0.25, -0.2) is 13.1 Å². The predicted molar refractivity (Wildman–Crippen MR) is 112 cm³/mol. The van der Waals surface area contributed by atoms with Gasteiger partial charge in [-0.15, -0.1) is 0 Å². The lowest BCUT2D eigenvalue weighted by atomic mass is 10.2. The van der Waals surface area contributed by atoms with Gasteiger partial charge in [0.15, 0.2) is 0 Å². The van der Waals surface area contributed by atoms with Gasteiger partial charge < -0.3 is 25.8 Å². The summed E-state index contributed by atoms with van der Waals surface area (Å²) in [6.45, 7) is 1.42. The number of nitrogens with one attached hydrogen (secondary N) is 2. The van der Waals surface area contributed by atoms with Crippen LogP contribution < -0.4 is 15.8 Å². The van der Waals surface area contributed by atoms with Gasteiger partial charge in [-0.3, -0.25) is 14.4 Å². The lowest BCUT2D eigenvalue weighted by molar-refractivity contribution is -0.155. The SMILES string of the molecule is Cc1ccc(S(=O)(=O)NCC2=CCC(N)C(=O)N(CC(=O)NC3CC(=O)OC3O)C2)cc1. The molecule has 0 aromatic heterocycles. The Morgan fingerprint density at radius 3 is 2.59 bits per heavy atom. The Balaban J connectivity index is 1.62. The number of hydrogen-bond donors (Lipinski definition) is 4. The van der Waals surface area contributed by atoms with E-state index in [0.29, 0.717) is 5.57 Å². The second-order valence-electron chi connectivity index (χ2n) is 7.80. The summed E-state index contributed by atoms with van der Waals surface area (Å²) in [5.41, 5.74) is 7.39. The first kappa shape index (κ1) is 23.9. The summed E-state index contributed by atoms with van der Waals surface area (Å²) in [6, 6.07) is 4.61. The maximum Gasteiger partial charge on any atom is 0.310 e. The van der Waals surface area contributed by atoms with Crippen LogP contribution >= 0.6 is 0 Å². The molecule has 1 aromatic rings. The molecule has 0 saturated carbocycles. The standard InChI is InChI=1S/C20H26N4O7S/c1-12-2-5-14(6-3-12)32(29,30)22-9-13-4-7-15(21)19(27)24(10-13)11-17(25)23-16-8-18(26)31-20(16)28/h2-6,15-16,20,22,28H,7-11,21H2,1H3,(H,23,25). The van der Waals surface area contributed by atoms with E-state index in [9.17, 15) is 27.9 Å². The summed E-state index contributed by atoms with van der Waals surface area (Å²) in [7, 11) is -3.76. The monoisotopic (exact) mass is 466 g/mol. The molecule has 174 valence electrons. The van der Waals surface area contributed by atoms with Gasteiger partial charge >= 0.3 is 5.97 Å². The number of carbonyl (C=O) groups excluding carboxylic acids is 3. The van der Waals surface area contributed by atoms with Crippen molar-refractivity contribution in [3.63, 3.8) is 0 Å². The van der Waals surface area contributed by atoms with Crippen molar-refractivity contribution >= 4 is 27.8 Å². The number of aryl methyl sites for hydroxylation is 1. The molecule has 2 aliphatic heterocycles. The number of nitrogens with two attached hydrogens (primary N) is 1. The van der Waals surface area contributed by atoms with Crippen LogP contribution in [0.2, 0.25) is 0 Å². The van der Waals surface area contributed by atoms with E-state index in [1.807, 2.05) is 6.92 Å². The van der Waals surface area contributed by atoms with Crippen LogP contribution in [0.5, 0.6) is 0 Å². The summed E-state index contributed by atoms with van der Waals surface area (Å²) in [4.78, 5) is 37.5. The molecular formula is C20H26N4O7S. The molecule has 1 fully saturated rings. The number of aliphatic hydroxyl groups excluding tert-OH is 1. The van der Waals surface area contributed by atoms with Gasteiger partial charge in [-0.1, -0.05) is 23.8 Å². The highest BCUT2D eigenvalue weighted by molar-refractivity contribution is 7.89. The molecule has 32 heavy (non-hydrogen) atoms. The minimum Gasteiger partial charge on any atom is -0.434 e. The number of amides is 2. The fourth-order valence-corrected chi connectivity index (χ4v) is 4.40. The number of esters is 1. The average Bonchev–Trinajstić information content (AvgIpc) is 2.97. The number of aliphatic hydroxyl groups is 1. The summed E-state index contributed by atoms with van der Waals surface area (Å²) < 4.78 is 32.2. The highest BCUT2D eigenvalue weighted by atomic mass is 32.2. The van der Waals surface area contributed by atoms with E-state index in [1.165, 1.54) is 17.0 Å². The van der Waals surface area contributed by atoms with E-state index in [1.54, 1.807) is 18.2 Å². The Bertz CT molecular complexity index is 1020. The molecule has 12 heteroatoms. The normalized spacial score (nSPS) is 24.0. The fourth-order valence-electron chi connectivity index (χ4n) is 3.36. The van der Waals surface area contributed by atoms with Crippen molar-refractivity contribution < 1.29 is 32.6 Å². The van der Waals surface area contributed by atoms with Gasteiger partial charge in [0.25, 0.3) is 0 Å². The van der Waals surface area contributed by atoms with Crippen LogP contribution in [0.1, 0.15) is 18.4 Å². The number of ether oxygens (including phenoxy) is 1. The Labute approximate surface area is 185 Å². The maximum atomic E-state index is 12.6. The number of nitrogens with zero attached hydrogens (tertiary/aromatic N) is 1. The van der Waals surface area contributed by atoms with Gasteiger partial charge in [0, 0.05) is 13.1 Å². The molecule has 2 aliphatic rings. The van der Waals surface area contributed by atoms with Crippen LogP contribution in [0.25, 0.3) is 0 Å². The zero-order valence-corrected chi connectivity index (χ0v) is 18.3. The van der Waals surface area contributed by atoms with Gasteiger partial charge in [-0.2, -0.15) is 0 Å². The van der Waals surface area contributed by atoms with Crippen molar-refractivity contribution in [3.8, 4) is 0 Å². The molecule has 0 bridgehead atoms. The van der Waals surface area contributed by atoms with E-state index in [4.69, 9.17) is 5.73 Å². The zero-order valence-electron chi connectivity index (χ0n) is 17.5. The first-order valence-electron chi connectivity index (χ1n) is 10.0. The molecule has 5 N–H and O–H groups in total. The lowest BCUT2D eigenvalue weighted by Crippen LogP contribution is -2.50. The van der Waals surface area contributed by atoms with Crippen molar-refractivity contribution in [3.05, 3.63) is 41.5 Å². The van der Waals surface area contributed by atoms with E-state index in [-0.39, 0.29) is 37.4 Å². The minimum absolute atomic E-state index is 0.000970. The smallest absolute Gasteiger partial charge is 0.310 e. The van der Waals surface area contributed by atoms with Crippen LogP contribution in [-0.4, -0.2) is 74.2 Å². The second kappa shape index (κ2) is 9.77. The third-order valence-electron chi connectivity index (χ3n) is 5.17. The summed E-state index contributed by atoms with van der Waals surface area (Å²) in [5.74, 6) is -1.71. The van der Waals surface area contributed by atoms with Crippen molar-refractivity contribution in [2.45, 2.75) is 43.0 Å². The summed E-state index contributed by atoms with van der Waals surface area (Å²) in [6.07, 6.45) is 0.264. The van der Waals surface area contributed by atoms with E-state index >= 15 is 0 Å². The molecule has 2 amide bonds. The molecule has 0 aliphatic carbocycles. The third kappa shape index (κ3) is 5.91. The minimum atomic E-state index is -3.76. The van der Waals surface area contributed by atoms with E-state index in [2.05, 4.69) is 14.8 Å². The number of sulfonamides is 1. The topological polar surface area (TPSA) is 168 Å². The first-order chi connectivity index (χ1) is 15.0. The van der Waals surface area contributed by atoms with E-state index in [0.717, 1.165) is 5.56 Å². The quantitative estimate of drug-likeness (QED) is 0.278. The van der Waals surface area contributed by atoms with Crippen molar-refractivity contribution in [1.29, 1.82) is 0 Å². The summed E-state index contributed by atoms with van der Waals surface area (Å²) in [5, 5.41) is 12.1. The molecule has 0 radical (unpaired) electrons. The molecule has 3 atom stereocenters. The Kier molecular flexibility index (Phi) is 7.29. The van der Waals surface area contributed by atoms with Gasteiger partial charge in [0.2, 0.25) is 28.1 Å². The molecular weight excluding hydrogens is 440 g/mol. The number of cyclic esters (lactones) is 1. The van der Waals surface area contributed by atoms with Crippen LogP contribution in [0.15, 0.2) is 40.8 Å². The lowest BCUT2D eigenvalue weighted by Gasteiger charge is -2.24. The maximum absolute atomic E-state index is 12.6. The molecule has 0 spiro atoms. The van der Waals surface area contributed by atoms with Gasteiger partial charge in [-0.05, 0) is 31.1 Å². The molecule has 2 heterocycles. The van der Waals surface area contributed by atoms with Crippen LogP contribution in [-0.2, 0) is 29.1 Å². The molecule has 1 aromatic carbocycles. The number of carbonyl (C=O) groups is 3. The number of hydrogen-bond acceptors (Lipinski definition) is 8. The Hall–Kier alpha value is -2.80. The van der Waals surface area contributed by atoms with Gasteiger partial charge in [0.05, 0.1) is 23.9 Å². The number of benzene rings is 1. The molecule has 3 rings (SSSR count). The van der Waals surface area contributed by atoms with Crippen LogP contribution in [0.3, 0.4) is 0 Å². The fraction of sp³-hybridized carbons (Fsp3) is 0.450. The zero-order chi connectivity index (χ0) is 23.5. The van der Waals surface area contributed by atoms with Crippen LogP contribution in [0, 0.1) is 6.92 Å². The molecule has 11 nitrogen and oxygen atoms in total. The van der Waals surface area contributed by atoms with Gasteiger partial charge in [0.1, 0.15) is 6.04 Å². The van der Waals surface area contributed by atoms with Crippen molar-refractivity contribution in [1.82, 2.24) is 14.9 Å². The highest BCUT2D eigenvalue weighted by Crippen LogP contribution is 2.15. The van der Waals surface area contributed by atoms with Crippen molar-refractivity contribution in [2.24, 2.45) is 5.73 Å².